The number of carbonyl (C=O) groups excluding carboxylic acids is 11. The van der Waals surface area contributed by atoms with Crippen LogP contribution < -0.4 is 48.3 Å². The highest BCUT2D eigenvalue weighted by atomic mass is 16.4. The zero-order valence-electron chi connectivity index (χ0n) is 58.8. The minimum absolute atomic E-state index is 0.0275. The van der Waals surface area contributed by atoms with Gasteiger partial charge in [0, 0.05) is 91.4 Å². The predicted octanol–water partition coefficient (Wildman–Crippen LogP) is -1.71. The number of H-pyrrole nitrogens is 3. The molecule has 3 saturated heterocycles. The molecule has 18 N–H and O–H groups in total. The Morgan fingerprint density at radius 3 is 1.42 bits per heavy atom. The number of benzene rings is 3. The topological polar surface area (TPSA) is 498 Å². The summed E-state index contributed by atoms with van der Waals surface area (Å²) in [6, 6.07) is 4.06. The van der Waals surface area contributed by atoms with Gasteiger partial charge in [-0.1, -0.05) is 76.2 Å². The van der Waals surface area contributed by atoms with Gasteiger partial charge in [-0.2, -0.15) is 0 Å². The van der Waals surface area contributed by atoms with E-state index in [0.717, 1.165) is 10.9 Å². The molecule has 3 aliphatic heterocycles. The van der Waals surface area contributed by atoms with Gasteiger partial charge in [0.25, 0.3) is 0 Å². The Morgan fingerprint density at radius 1 is 0.495 bits per heavy atom. The van der Waals surface area contributed by atoms with E-state index in [1.807, 2.05) is 55.6 Å². The summed E-state index contributed by atoms with van der Waals surface area (Å²) in [6.07, 6.45) is 7.09. The number of amides is 11. The van der Waals surface area contributed by atoms with Crippen molar-refractivity contribution in [1.29, 1.82) is 0 Å². The summed E-state index contributed by atoms with van der Waals surface area (Å²) in [6.45, 7) is 4.51. The lowest BCUT2D eigenvalue weighted by atomic mass is 9.99. The van der Waals surface area contributed by atoms with Gasteiger partial charge in [-0.3, -0.25) is 52.7 Å². The van der Waals surface area contributed by atoms with E-state index < -0.39 is 169 Å². The first kappa shape index (κ1) is 78.4. The summed E-state index contributed by atoms with van der Waals surface area (Å²) < 4.78 is 0. The highest BCUT2D eigenvalue weighted by molar-refractivity contribution is 6.01. The van der Waals surface area contributed by atoms with E-state index in [9.17, 15) is 68.7 Å². The lowest BCUT2D eigenvalue weighted by Crippen LogP contribution is -2.61. The number of imidazole rings is 1. The molecule has 105 heavy (non-hydrogen) atoms. The Kier molecular flexibility index (Phi) is 26.9. The van der Waals surface area contributed by atoms with Crippen molar-refractivity contribution in [2.24, 2.45) is 17.6 Å². The van der Waals surface area contributed by atoms with Crippen molar-refractivity contribution in [1.82, 2.24) is 77.2 Å². The molecule has 564 valence electrons. The van der Waals surface area contributed by atoms with Gasteiger partial charge in [0.15, 0.2) is 0 Å². The summed E-state index contributed by atoms with van der Waals surface area (Å²) in [7, 11) is 0. The lowest BCUT2D eigenvalue weighted by molar-refractivity contribution is -0.145. The summed E-state index contributed by atoms with van der Waals surface area (Å²) in [5.74, 6) is -11.1. The van der Waals surface area contributed by atoms with Gasteiger partial charge < -0.3 is 103 Å². The van der Waals surface area contributed by atoms with E-state index in [2.05, 4.69) is 57.2 Å². The smallest absolute Gasteiger partial charge is 0.328 e. The minimum atomic E-state index is -1.74. The van der Waals surface area contributed by atoms with Crippen molar-refractivity contribution < 1.29 is 83.1 Å². The van der Waals surface area contributed by atoms with Crippen LogP contribution in [0.1, 0.15) is 95.0 Å². The lowest BCUT2D eigenvalue weighted by Gasteiger charge is -2.33. The molecule has 6 aromatic rings. The second-order valence-corrected chi connectivity index (χ2v) is 27.6. The maximum absolute atomic E-state index is 15.4. The Morgan fingerprint density at radius 2 is 0.933 bits per heavy atom. The van der Waals surface area contributed by atoms with Crippen LogP contribution in [-0.4, -0.2) is 243 Å². The third-order valence-electron chi connectivity index (χ3n) is 19.3. The number of carboxylic acids is 1. The number of fused-ring (bicyclic) bond motifs is 2. The fourth-order valence-corrected chi connectivity index (χ4v) is 13.7. The molecule has 0 radical (unpaired) electrons. The van der Waals surface area contributed by atoms with Crippen LogP contribution in [0.2, 0.25) is 0 Å². The van der Waals surface area contributed by atoms with Crippen molar-refractivity contribution in [3.63, 3.8) is 0 Å². The van der Waals surface area contributed by atoms with Crippen molar-refractivity contribution in [2.75, 3.05) is 39.5 Å². The maximum Gasteiger partial charge on any atom is 0.328 e. The maximum atomic E-state index is 15.4. The third-order valence-corrected chi connectivity index (χ3v) is 19.3. The molecule has 33 nitrogen and oxygen atoms in total. The molecule has 0 saturated carbocycles. The number of aromatic amines is 3. The molecule has 0 unspecified atom stereocenters. The molecule has 6 heterocycles. The molecule has 12 atom stereocenters. The summed E-state index contributed by atoms with van der Waals surface area (Å²) in [5.41, 5.74) is 9.52. The number of phenols is 1. The molecule has 3 aliphatic rings. The van der Waals surface area contributed by atoms with Crippen LogP contribution in [0, 0.1) is 11.8 Å². The van der Waals surface area contributed by atoms with Crippen molar-refractivity contribution >= 4 is 92.8 Å². The number of carbonyl (C=O) groups is 12. The normalized spacial score (nSPS) is 18.5. The summed E-state index contributed by atoms with van der Waals surface area (Å²) >= 11 is 0. The second-order valence-electron chi connectivity index (χ2n) is 27.6. The first-order valence-electron chi connectivity index (χ1n) is 35.3. The molecule has 3 aromatic carbocycles. The predicted molar refractivity (Wildman–Crippen MR) is 379 cm³/mol. The van der Waals surface area contributed by atoms with Crippen LogP contribution >= 0.6 is 0 Å². The standard InChI is InChI=1S/C72H94N16O17/c1-38(2)26-53(81-63(95)50(78-61(93)47(73)34-89)28-41-31-75-48-14-7-5-12-45(41)48)69(101)86-23-10-17-58(86)67(99)82-54(27-40-19-21-44(92)22-20-40)70(102)87-24-9-16-57(87)66(98)80-51(29-42-32-76-49-15-8-6-13-46(42)49)62(94)79-52(30-43-33-74-37-77-43)64(96)85-60(39(3)4)71(103)88-25-11-18-59(88)68(100)83-55(35-90)65(97)84-56(36-91)72(104)105/h5-8,12-15,19-22,31-33,37-39,47,50-60,75-76,89-92H,9-11,16-18,23-30,34-36,73H2,1-4H3,(H,74,77)(H,78,93)(H,79,94)(H,80,98)(H,81,95)(H,82,99)(H,83,100)(H,84,97)(H,85,96)(H,104,105)/t47-,50-,51-,52-,53-,54-,55-,56-,57-,58-,59-,60-/m0/s1. The van der Waals surface area contributed by atoms with Crippen LogP contribution in [0.15, 0.2) is 97.7 Å². The quantitative estimate of drug-likeness (QED) is 0.0214. The molecule has 0 spiro atoms. The van der Waals surface area contributed by atoms with E-state index in [0.29, 0.717) is 52.5 Å². The molecule has 0 aliphatic carbocycles. The van der Waals surface area contributed by atoms with E-state index >= 15 is 14.4 Å². The average molecular weight is 1460 g/mol. The number of aliphatic hydroxyl groups excluding tert-OH is 3. The van der Waals surface area contributed by atoms with E-state index in [1.54, 1.807) is 50.5 Å². The largest absolute Gasteiger partial charge is 0.508 e. The molecule has 0 bridgehead atoms. The number of phenolic OH excluding ortho intramolecular Hbond substituents is 1. The fraction of sp³-hybridized carbons (Fsp3) is 0.486. The monoisotopic (exact) mass is 1450 g/mol. The van der Waals surface area contributed by atoms with E-state index in [-0.39, 0.29) is 82.7 Å². The second kappa shape index (κ2) is 36.1. The SMILES string of the molecule is CC(C)C[C@H](NC(=O)[C@H](Cc1c[nH]c2ccccc12)NC(=O)[C@@H](N)CO)C(=O)N1CCC[C@H]1C(=O)N[C@@H](Cc1ccc(O)cc1)C(=O)N1CCC[C@H]1C(=O)N[C@@H](Cc1c[nH]c2ccccc12)C(=O)N[C@@H](Cc1cnc[nH]1)C(=O)N[C@H](C(=O)N1CCC[C@H]1C(=O)N[C@@H](CO)C(=O)N[C@@H](CO)C(=O)O)C(C)C. The number of rotatable bonds is 34. The Labute approximate surface area is 604 Å². The average Bonchev–Trinajstić information content (AvgIpc) is 1.73. The summed E-state index contributed by atoms with van der Waals surface area (Å²) in [5, 5.41) is 71.5. The Balaban J connectivity index is 0.931. The van der Waals surface area contributed by atoms with Crippen LogP contribution in [0.25, 0.3) is 21.8 Å². The van der Waals surface area contributed by atoms with Gasteiger partial charge in [-0.15, -0.1) is 0 Å². The van der Waals surface area contributed by atoms with E-state index in [4.69, 9.17) is 5.73 Å². The number of nitrogens with two attached hydrogens (primary N) is 1. The molecule has 33 heteroatoms. The van der Waals surface area contributed by atoms with Crippen molar-refractivity contribution in [3.8, 4) is 5.75 Å². The minimum Gasteiger partial charge on any atom is -0.508 e. The van der Waals surface area contributed by atoms with Gasteiger partial charge >= 0.3 is 5.97 Å². The molecule has 3 fully saturated rings. The van der Waals surface area contributed by atoms with Crippen LogP contribution in [0.5, 0.6) is 5.75 Å². The number of aliphatic hydroxyl groups is 3. The zero-order valence-corrected chi connectivity index (χ0v) is 58.8. The number of aromatic hydroxyl groups is 1. The number of aliphatic carboxylic acids is 1. The van der Waals surface area contributed by atoms with Gasteiger partial charge in [-0.25, -0.2) is 9.78 Å². The van der Waals surface area contributed by atoms with E-state index in [1.165, 1.54) is 39.4 Å². The van der Waals surface area contributed by atoms with Crippen molar-refractivity contribution in [2.45, 2.75) is 171 Å². The molecular weight excluding hydrogens is 1360 g/mol. The number of hydrogen-bond donors (Lipinski definition) is 17. The van der Waals surface area contributed by atoms with Crippen molar-refractivity contribution in [3.05, 3.63) is 120 Å². The first-order valence-corrected chi connectivity index (χ1v) is 35.3. The molecule has 9 rings (SSSR count). The fourth-order valence-electron chi connectivity index (χ4n) is 13.7. The highest BCUT2D eigenvalue weighted by Gasteiger charge is 2.45. The molecular formula is C72H94N16O17. The number of para-hydroxylation sites is 2. The Hall–Kier alpha value is -10.8. The number of likely N-dealkylation sites (tertiary alicyclic amines) is 3. The number of nitrogens with one attached hydrogen (secondary N) is 11. The number of hydrogen-bond acceptors (Lipinski definition) is 18. The number of carboxylic acid groups (broad SMARTS) is 1. The van der Waals surface area contributed by atoms with Gasteiger partial charge in [-0.05, 0) is 97.7 Å². The van der Waals surface area contributed by atoms with Gasteiger partial charge in [0.05, 0.1) is 26.1 Å². The zero-order chi connectivity index (χ0) is 75.8. The van der Waals surface area contributed by atoms with Gasteiger partial charge in [0.1, 0.15) is 78.3 Å². The summed E-state index contributed by atoms with van der Waals surface area (Å²) in [4.78, 5) is 188. The van der Waals surface area contributed by atoms with Gasteiger partial charge in [0.2, 0.25) is 65.0 Å². The number of aromatic nitrogens is 4. The van der Waals surface area contributed by atoms with Crippen LogP contribution in [0.4, 0.5) is 0 Å². The third kappa shape index (κ3) is 19.7. The number of nitrogens with zero attached hydrogens (tertiary/aromatic N) is 4. The first-order chi connectivity index (χ1) is 50.3. The van der Waals surface area contributed by atoms with Crippen LogP contribution in [-0.2, 0) is 83.2 Å². The van der Waals surface area contributed by atoms with Crippen LogP contribution in [0.3, 0.4) is 0 Å². The Bertz CT molecular complexity index is 4090. The molecule has 3 aromatic heterocycles. The highest BCUT2D eigenvalue weighted by Crippen LogP contribution is 2.27. The molecule has 11 amide bonds.